The fourth-order valence-electron chi connectivity index (χ4n) is 2.26. The lowest BCUT2D eigenvalue weighted by atomic mass is 10.3. The van der Waals surface area contributed by atoms with Gasteiger partial charge in [0.05, 0.1) is 10.9 Å². The van der Waals surface area contributed by atoms with Crippen molar-refractivity contribution in [3.8, 4) is 0 Å². The number of nitrogens with one attached hydrogen (secondary N) is 1. The van der Waals surface area contributed by atoms with Gasteiger partial charge in [0.1, 0.15) is 0 Å². The standard InChI is InChI=1S/C16H21ClN4O2S2/c1-4-10-21-15(18-19-16(21)24-11-5-2)12(3)20-25(22,23)14-8-6-13(17)7-9-14/h5-9,12,20H,2,4,10-11H2,1,3H3/t12-/m1/s1. The van der Waals surface area contributed by atoms with Gasteiger partial charge in [-0.15, -0.1) is 16.8 Å². The van der Waals surface area contributed by atoms with Crippen LogP contribution in [0.5, 0.6) is 0 Å². The molecule has 1 aromatic carbocycles. The van der Waals surface area contributed by atoms with Crippen LogP contribution in [0.2, 0.25) is 5.02 Å². The summed E-state index contributed by atoms with van der Waals surface area (Å²) in [6, 6.07) is 5.52. The molecular weight excluding hydrogens is 380 g/mol. The van der Waals surface area contributed by atoms with Gasteiger partial charge in [-0.25, -0.2) is 13.1 Å². The van der Waals surface area contributed by atoms with Crippen LogP contribution in [0.3, 0.4) is 0 Å². The summed E-state index contributed by atoms with van der Waals surface area (Å²) in [6.07, 6.45) is 2.69. The van der Waals surface area contributed by atoms with E-state index in [1.165, 1.54) is 23.9 Å². The third kappa shape index (κ3) is 5.07. The molecule has 0 radical (unpaired) electrons. The van der Waals surface area contributed by atoms with Crippen LogP contribution in [0, 0.1) is 0 Å². The molecule has 0 fully saturated rings. The number of hydrogen-bond acceptors (Lipinski definition) is 5. The Labute approximate surface area is 157 Å². The summed E-state index contributed by atoms with van der Waals surface area (Å²) < 4.78 is 29.7. The molecular formula is C16H21ClN4O2S2. The number of hydrogen-bond donors (Lipinski definition) is 1. The second-order valence-electron chi connectivity index (χ2n) is 5.39. The van der Waals surface area contributed by atoms with Crippen LogP contribution in [0.4, 0.5) is 0 Å². The first kappa shape index (κ1) is 20.0. The fourth-order valence-corrected chi connectivity index (χ4v) is 4.30. The molecule has 2 rings (SSSR count). The summed E-state index contributed by atoms with van der Waals surface area (Å²) in [4.78, 5) is 0.159. The molecule has 0 aliphatic rings. The maximum absolute atomic E-state index is 12.5. The van der Waals surface area contributed by atoms with Gasteiger partial charge in [-0.05, 0) is 37.6 Å². The minimum atomic E-state index is -3.68. The van der Waals surface area contributed by atoms with Crippen LogP contribution in [0.1, 0.15) is 32.1 Å². The lowest BCUT2D eigenvalue weighted by molar-refractivity contribution is 0.527. The fraction of sp³-hybridized carbons (Fsp3) is 0.375. The van der Waals surface area contributed by atoms with E-state index in [1.54, 1.807) is 25.1 Å². The molecule has 0 unspecified atom stereocenters. The molecule has 0 aliphatic heterocycles. The summed E-state index contributed by atoms with van der Waals surface area (Å²) >= 11 is 7.34. The third-order valence-electron chi connectivity index (χ3n) is 3.37. The minimum Gasteiger partial charge on any atom is -0.305 e. The number of rotatable bonds is 9. The second kappa shape index (κ2) is 8.84. The van der Waals surface area contributed by atoms with Crippen LogP contribution in [-0.2, 0) is 16.6 Å². The Hall–Kier alpha value is -1.35. The molecule has 1 N–H and O–H groups in total. The van der Waals surface area contributed by atoms with Gasteiger partial charge in [-0.1, -0.05) is 36.4 Å². The van der Waals surface area contributed by atoms with Crippen molar-refractivity contribution in [3.05, 3.63) is 47.8 Å². The first-order chi connectivity index (χ1) is 11.9. The molecule has 0 spiro atoms. The maximum atomic E-state index is 12.5. The first-order valence-corrected chi connectivity index (χ1v) is 10.7. The van der Waals surface area contributed by atoms with E-state index in [0.29, 0.717) is 16.6 Å². The quantitative estimate of drug-likeness (QED) is 0.513. The Balaban J connectivity index is 2.24. The number of sulfonamides is 1. The van der Waals surface area contributed by atoms with Crippen LogP contribution in [0.25, 0.3) is 0 Å². The Morgan fingerprint density at radius 1 is 1.36 bits per heavy atom. The van der Waals surface area contributed by atoms with Gasteiger partial charge in [0.25, 0.3) is 0 Å². The number of nitrogens with zero attached hydrogens (tertiary/aromatic N) is 3. The van der Waals surface area contributed by atoms with E-state index in [-0.39, 0.29) is 4.90 Å². The number of aromatic nitrogens is 3. The number of halogens is 1. The zero-order chi connectivity index (χ0) is 18.4. The Bertz CT molecular complexity index is 819. The SMILES string of the molecule is C=CCSc1nnc([C@@H](C)NS(=O)(=O)c2ccc(Cl)cc2)n1CCC. The average Bonchev–Trinajstić information content (AvgIpc) is 2.96. The van der Waals surface area contributed by atoms with Crippen molar-refractivity contribution in [1.29, 1.82) is 0 Å². The Kier molecular flexibility index (Phi) is 7.06. The van der Waals surface area contributed by atoms with Crippen molar-refractivity contribution in [1.82, 2.24) is 19.5 Å². The molecule has 1 aromatic heterocycles. The molecule has 2 aromatic rings. The van der Waals surface area contributed by atoms with Gasteiger partial charge in [-0.3, -0.25) is 0 Å². The molecule has 1 heterocycles. The zero-order valence-corrected chi connectivity index (χ0v) is 16.5. The van der Waals surface area contributed by atoms with Crippen molar-refractivity contribution < 1.29 is 8.42 Å². The van der Waals surface area contributed by atoms with Crippen molar-refractivity contribution in [2.75, 3.05) is 5.75 Å². The van der Waals surface area contributed by atoms with Gasteiger partial charge in [0.15, 0.2) is 11.0 Å². The highest BCUT2D eigenvalue weighted by Gasteiger charge is 2.23. The van der Waals surface area contributed by atoms with Gasteiger partial charge in [-0.2, -0.15) is 0 Å². The molecule has 0 bridgehead atoms. The van der Waals surface area contributed by atoms with Crippen LogP contribution < -0.4 is 4.72 Å². The summed E-state index contributed by atoms with van der Waals surface area (Å²) in [7, 11) is -3.68. The summed E-state index contributed by atoms with van der Waals surface area (Å²) in [6.45, 7) is 8.22. The molecule has 0 saturated heterocycles. The van der Waals surface area contributed by atoms with Crippen LogP contribution >= 0.6 is 23.4 Å². The highest BCUT2D eigenvalue weighted by atomic mass is 35.5. The molecule has 136 valence electrons. The lowest BCUT2D eigenvalue weighted by Crippen LogP contribution is -2.29. The van der Waals surface area contributed by atoms with Crippen molar-refractivity contribution in [2.45, 2.75) is 42.9 Å². The van der Waals surface area contributed by atoms with Crippen molar-refractivity contribution in [2.24, 2.45) is 0 Å². The lowest BCUT2D eigenvalue weighted by Gasteiger charge is -2.16. The smallest absolute Gasteiger partial charge is 0.241 e. The largest absolute Gasteiger partial charge is 0.305 e. The summed E-state index contributed by atoms with van der Waals surface area (Å²) in [5, 5.41) is 9.62. The van der Waals surface area contributed by atoms with E-state index < -0.39 is 16.1 Å². The highest BCUT2D eigenvalue weighted by Crippen LogP contribution is 2.23. The van der Waals surface area contributed by atoms with E-state index in [1.807, 2.05) is 11.5 Å². The molecule has 0 aliphatic carbocycles. The minimum absolute atomic E-state index is 0.159. The predicted molar refractivity (Wildman–Crippen MR) is 101 cm³/mol. The normalized spacial score (nSPS) is 12.9. The van der Waals surface area contributed by atoms with E-state index in [0.717, 1.165) is 18.1 Å². The van der Waals surface area contributed by atoms with Crippen molar-refractivity contribution in [3.63, 3.8) is 0 Å². The third-order valence-corrected chi connectivity index (χ3v) is 6.14. The van der Waals surface area contributed by atoms with Crippen molar-refractivity contribution >= 4 is 33.4 Å². The Morgan fingerprint density at radius 2 is 2.04 bits per heavy atom. The highest BCUT2D eigenvalue weighted by molar-refractivity contribution is 7.99. The first-order valence-electron chi connectivity index (χ1n) is 7.83. The van der Waals surface area contributed by atoms with Gasteiger partial charge in [0.2, 0.25) is 10.0 Å². The molecule has 1 atom stereocenters. The topological polar surface area (TPSA) is 76.9 Å². The Morgan fingerprint density at radius 3 is 2.64 bits per heavy atom. The van der Waals surface area contributed by atoms with E-state index in [4.69, 9.17) is 11.6 Å². The summed E-state index contributed by atoms with van der Waals surface area (Å²) in [5.74, 6) is 1.30. The number of thioether (sulfide) groups is 1. The molecule has 6 nitrogen and oxygen atoms in total. The molecule has 0 amide bonds. The van der Waals surface area contributed by atoms with Gasteiger partial charge >= 0.3 is 0 Å². The maximum Gasteiger partial charge on any atom is 0.241 e. The van der Waals surface area contributed by atoms with Gasteiger partial charge < -0.3 is 4.57 Å². The second-order valence-corrected chi connectivity index (χ2v) is 8.53. The monoisotopic (exact) mass is 400 g/mol. The average molecular weight is 401 g/mol. The molecule has 25 heavy (non-hydrogen) atoms. The van der Waals surface area contributed by atoms with E-state index in [2.05, 4.69) is 21.5 Å². The molecule has 9 heteroatoms. The van der Waals surface area contributed by atoms with Gasteiger partial charge in [0, 0.05) is 17.3 Å². The zero-order valence-electron chi connectivity index (χ0n) is 14.1. The van der Waals surface area contributed by atoms with E-state index in [9.17, 15) is 8.42 Å². The van der Waals surface area contributed by atoms with Crippen LogP contribution in [-0.4, -0.2) is 28.9 Å². The van der Waals surface area contributed by atoms with E-state index >= 15 is 0 Å². The number of benzene rings is 1. The van der Waals surface area contributed by atoms with Crippen LogP contribution in [0.15, 0.2) is 47.0 Å². The summed E-state index contributed by atoms with van der Waals surface area (Å²) in [5.41, 5.74) is 0. The molecule has 0 saturated carbocycles. The predicted octanol–water partition coefficient (Wildman–Crippen LogP) is 3.66.